The van der Waals surface area contributed by atoms with Crippen LogP contribution in [0.25, 0.3) is 0 Å². The fourth-order valence-electron chi connectivity index (χ4n) is 2.64. The Hall–Kier alpha value is -0.180. The van der Waals surface area contributed by atoms with E-state index in [1.807, 2.05) is 13.8 Å². The Morgan fingerprint density at radius 1 is 1.22 bits per heavy atom. The number of Topliss-reactive ketones (excluding diaryl/α,β-unsaturated/α-hetero) is 1. The minimum absolute atomic E-state index is 0.0265. The zero-order valence-electron chi connectivity index (χ0n) is 11.9. The van der Waals surface area contributed by atoms with Gasteiger partial charge in [0.2, 0.25) is 0 Å². The monoisotopic (exact) mass is 276 g/mol. The molecule has 0 aromatic carbocycles. The molecule has 5 heteroatoms. The molecule has 0 bridgehead atoms. The molecule has 0 aliphatic heterocycles. The Morgan fingerprint density at radius 2 is 1.72 bits per heavy atom. The minimum Gasteiger partial charge on any atom is -0.312 e. The van der Waals surface area contributed by atoms with Crippen LogP contribution < -0.4 is 0 Å². The standard InChI is InChI=1S/C13H25O4P/c1-13(2,9-11-7-5-6-8-11)12(14)10-18(15,16-3)17-4/h11H,5-10H2,1-4H3. The summed E-state index contributed by atoms with van der Waals surface area (Å²) in [6.07, 6.45) is 5.71. The molecule has 1 rings (SSSR count). The molecule has 0 aromatic rings. The van der Waals surface area contributed by atoms with E-state index in [0.717, 1.165) is 6.42 Å². The van der Waals surface area contributed by atoms with Crippen LogP contribution in [0.5, 0.6) is 0 Å². The molecular weight excluding hydrogens is 251 g/mol. The zero-order chi connectivity index (χ0) is 13.8. The molecule has 1 aliphatic rings. The lowest BCUT2D eigenvalue weighted by molar-refractivity contribution is -0.125. The average molecular weight is 276 g/mol. The van der Waals surface area contributed by atoms with Gasteiger partial charge >= 0.3 is 7.60 Å². The molecule has 0 unspecified atom stereocenters. The largest absolute Gasteiger partial charge is 0.337 e. The third kappa shape index (κ3) is 4.18. The van der Waals surface area contributed by atoms with Crippen LogP contribution in [0.3, 0.4) is 0 Å². The smallest absolute Gasteiger partial charge is 0.312 e. The summed E-state index contributed by atoms with van der Waals surface area (Å²) in [6, 6.07) is 0. The van der Waals surface area contributed by atoms with Gasteiger partial charge in [-0.25, -0.2) is 0 Å². The predicted octanol–water partition coefficient (Wildman–Crippen LogP) is 3.65. The summed E-state index contributed by atoms with van der Waals surface area (Å²) in [6.45, 7) is 3.87. The molecule has 1 fully saturated rings. The van der Waals surface area contributed by atoms with Gasteiger partial charge in [-0.2, -0.15) is 0 Å². The van der Waals surface area contributed by atoms with Gasteiger partial charge in [0, 0.05) is 19.6 Å². The van der Waals surface area contributed by atoms with E-state index in [0.29, 0.717) is 5.92 Å². The summed E-state index contributed by atoms with van der Waals surface area (Å²) in [5, 5.41) is 0. The van der Waals surface area contributed by atoms with Crippen molar-refractivity contribution in [3.63, 3.8) is 0 Å². The molecule has 1 aliphatic carbocycles. The highest BCUT2D eigenvalue weighted by Gasteiger charge is 2.36. The number of hydrogen-bond acceptors (Lipinski definition) is 4. The number of ketones is 1. The van der Waals surface area contributed by atoms with Crippen molar-refractivity contribution in [1.29, 1.82) is 0 Å². The number of rotatable bonds is 7. The van der Waals surface area contributed by atoms with Crippen molar-refractivity contribution in [2.24, 2.45) is 11.3 Å². The topological polar surface area (TPSA) is 52.6 Å². The Balaban J connectivity index is 2.60. The van der Waals surface area contributed by atoms with E-state index in [2.05, 4.69) is 0 Å². The summed E-state index contributed by atoms with van der Waals surface area (Å²) in [5.74, 6) is 0.606. The van der Waals surface area contributed by atoms with E-state index in [4.69, 9.17) is 9.05 Å². The molecule has 18 heavy (non-hydrogen) atoms. The Labute approximate surface area is 110 Å². The molecule has 0 atom stereocenters. The van der Waals surface area contributed by atoms with Crippen LogP contribution >= 0.6 is 7.60 Å². The summed E-state index contributed by atoms with van der Waals surface area (Å²) in [5.41, 5.74) is -0.443. The molecule has 106 valence electrons. The van der Waals surface area contributed by atoms with Gasteiger partial charge in [-0.05, 0) is 12.3 Å². The van der Waals surface area contributed by atoms with Gasteiger partial charge in [0.05, 0.1) is 0 Å². The molecule has 0 spiro atoms. The van der Waals surface area contributed by atoms with Gasteiger partial charge in [-0.15, -0.1) is 0 Å². The van der Waals surface area contributed by atoms with E-state index in [-0.39, 0.29) is 11.9 Å². The van der Waals surface area contributed by atoms with Crippen LogP contribution in [0.15, 0.2) is 0 Å². The SMILES string of the molecule is COP(=O)(CC(=O)C(C)(C)CC1CCCC1)OC. The minimum atomic E-state index is -3.23. The van der Waals surface area contributed by atoms with Crippen molar-refractivity contribution in [2.75, 3.05) is 20.4 Å². The van der Waals surface area contributed by atoms with Gasteiger partial charge < -0.3 is 9.05 Å². The van der Waals surface area contributed by atoms with Gasteiger partial charge in [-0.3, -0.25) is 9.36 Å². The van der Waals surface area contributed by atoms with Crippen molar-refractivity contribution >= 4 is 13.4 Å². The molecule has 0 radical (unpaired) electrons. The molecular formula is C13H25O4P. The second kappa shape index (κ2) is 6.31. The van der Waals surface area contributed by atoms with Crippen LogP contribution in [0.1, 0.15) is 46.0 Å². The first-order chi connectivity index (χ1) is 8.33. The molecule has 0 aromatic heterocycles. The van der Waals surface area contributed by atoms with Crippen LogP contribution in [-0.4, -0.2) is 26.2 Å². The van der Waals surface area contributed by atoms with E-state index >= 15 is 0 Å². The maximum absolute atomic E-state index is 12.3. The third-order valence-electron chi connectivity index (χ3n) is 3.92. The van der Waals surface area contributed by atoms with Crippen molar-refractivity contribution in [3.05, 3.63) is 0 Å². The lowest BCUT2D eigenvalue weighted by Crippen LogP contribution is -2.29. The second-order valence-electron chi connectivity index (χ2n) is 5.80. The van der Waals surface area contributed by atoms with Gasteiger partial charge in [0.15, 0.2) is 5.78 Å². The summed E-state index contributed by atoms with van der Waals surface area (Å²) < 4.78 is 21.7. The first-order valence-corrected chi connectivity index (χ1v) is 8.29. The number of hydrogen-bond donors (Lipinski definition) is 0. The fraction of sp³-hybridized carbons (Fsp3) is 0.923. The maximum atomic E-state index is 12.3. The second-order valence-corrected chi connectivity index (χ2v) is 8.06. The predicted molar refractivity (Wildman–Crippen MR) is 71.9 cm³/mol. The summed E-state index contributed by atoms with van der Waals surface area (Å²) in [4.78, 5) is 12.3. The molecule has 0 N–H and O–H groups in total. The summed E-state index contributed by atoms with van der Waals surface area (Å²) in [7, 11) is -0.586. The van der Waals surface area contributed by atoms with Crippen LogP contribution in [0.4, 0.5) is 0 Å². The lowest BCUT2D eigenvalue weighted by Gasteiger charge is -2.27. The third-order valence-corrected chi connectivity index (χ3v) is 5.71. The fourth-order valence-corrected chi connectivity index (χ4v) is 3.83. The van der Waals surface area contributed by atoms with Crippen molar-refractivity contribution in [3.8, 4) is 0 Å². The van der Waals surface area contributed by atoms with Gasteiger partial charge in [0.25, 0.3) is 0 Å². The lowest BCUT2D eigenvalue weighted by atomic mass is 9.79. The van der Waals surface area contributed by atoms with E-state index in [1.165, 1.54) is 39.9 Å². The first-order valence-electron chi connectivity index (χ1n) is 6.57. The van der Waals surface area contributed by atoms with Crippen molar-refractivity contribution in [1.82, 2.24) is 0 Å². The average Bonchev–Trinajstić information content (AvgIpc) is 2.80. The Kier molecular flexibility index (Phi) is 5.57. The summed E-state index contributed by atoms with van der Waals surface area (Å²) >= 11 is 0. The van der Waals surface area contributed by atoms with Gasteiger partial charge in [0.1, 0.15) is 6.16 Å². The first kappa shape index (κ1) is 15.9. The van der Waals surface area contributed by atoms with Crippen LogP contribution in [0, 0.1) is 11.3 Å². The van der Waals surface area contributed by atoms with Crippen molar-refractivity contribution < 1.29 is 18.4 Å². The van der Waals surface area contributed by atoms with Crippen LogP contribution in [-0.2, 0) is 18.4 Å². The Morgan fingerprint density at radius 3 is 2.17 bits per heavy atom. The molecule has 1 saturated carbocycles. The highest BCUT2D eigenvalue weighted by molar-refractivity contribution is 7.54. The van der Waals surface area contributed by atoms with Crippen LogP contribution in [0.2, 0.25) is 0 Å². The molecule has 4 nitrogen and oxygen atoms in total. The maximum Gasteiger partial charge on any atom is 0.337 e. The van der Waals surface area contributed by atoms with Crippen molar-refractivity contribution in [2.45, 2.75) is 46.0 Å². The Bertz CT molecular complexity index is 324. The molecule has 0 amide bonds. The zero-order valence-corrected chi connectivity index (χ0v) is 12.8. The van der Waals surface area contributed by atoms with E-state index in [9.17, 15) is 9.36 Å². The number of carbonyl (C=O) groups excluding carboxylic acids is 1. The van der Waals surface area contributed by atoms with E-state index < -0.39 is 13.0 Å². The quantitative estimate of drug-likeness (QED) is 0.666. The normalized spacial score (nSPS) is 18.2. The number of carbonyl (C=O) groups is 1. The highest BCUT2D eigenvalue weighted by Crippen LogP contribution is 2.48. The van der Waals surface area contributed by atoms with Gasteiger partial charge in [-0.1, -0.05) is 39.5 Å². The molecule has 0 heterocycles. The van der Waals surface area contributed by atoms with E-state index in [1.54, 1.807) is 0 Å². The molecule has 0 saturated heterocycles. The highest BCUT2D eigenvalue weighted by atomic mass is 31.2.